The van der Waals surface area contributed by atoms with Gasteiger partial charge in [0.1, 0.15) is 18.0 Å². The first-order valence-electron chi connectivity index (χ1n) is 6.54. The zero-order chi connectivity index (χ0) is 14.2. The SMILES string of the molecule is CC(NC(=O)C1(c2cccc(F)c2)CC1)c1ncn[nH]1. The summed E-state index contributed by atoms with van der Waals surface area (Å²) in [6.07, 6.45) is 2.88. The van der Waals surface area contributed by atoms with Crippen molar-refractivity contribution in [3.05, 3.63) is 47.8 Å². The Kier molecular flexibility index (Phi) is 3.00. The molecule has 0 aliphatic heterocycles. The Morgan fingerprint density at radius 3 is 2.90 bits per heavy atom. The summed E-state index contributed by atoms with van der Waals surface area (Å²) in [4.78, 5) is 16.5. The van der Waals surface area contributed by atoms with Crippen LogP contribution in [0.25, 0.3) is 0 Å². The fourth-order valence-electron chi connectivity index (χ4n) is 2.38. The first kappa shape index (κ1) is 12.8. The molecule has 0 bridgehead atoms. The molecule has 20 heavy (non-hydrogen) atoms. The number of benzene rings is 1. The molecule has 1 fully saturated rings. The summed E-state index contributed by atoms with van der Waals surface area (Å²) in [6.45, 7) is 1.83. The van der Waals surface area contributed by atoms with Gasteiger partial charge in [-0.2, -0.15) is 5.10 Å². The molecule has 1 unspecified atom stereocenters. The molecule has 1 aliphatic carbocycles. The predicted octanol–water partition coefficient (Wildman–Crippen LogP) is 1.85. The normalized spacial score (nSPS) is 17.5. The van der Waals surface area contributed by atoms with Crippen molar-refractivity contribution in [3.63, 3.8) is 0 Å². The summed E-state index contributed by atoms with van der Waals surface area (Å²) in [5, 5.41) is 9.40. The van der Waals surface area contributed by atoms with Gasteiger partial charge in [0.15, 0.2) is 0 Å². The smallest absolute Gasteiger partial charge is 0.231 e. The van der Waals surface area contributed by atoms with Gasteiger partial charge in [0.05, 0.1) is 11.5 Å². The number of carbonyl (C=O) groups is 1. The topological polar surface area (TPSA) is 70.7 Å². The van der Waals surface area contributed by atoms with E-state index >= 15 is 0 Å². The summed E-state index contributed by atoms with van der Waals surface area (Å²) in [7, 11) is 0. The summed E-state index contributed by atoms with van der Waals surface area (Å²) in [5.74, 6) is 0.199. The lowest BCUT2D eigenvalue weighted by atomic mass is 9.94. The van der Waals surface area contributed by atoms with Gasteiger partial charge in [-0.25, -0.2) is 9.37 Å². The lowest BCUT2D eigenvalue weighted by Gasteiger charge is -2.18. The highest BCUT2D eigenvalue weighted by molar-refractivity contribution is 5.91. The minimum atomic E-state index is -0.587. The van der Waals surface area contributed by atoms with Crippen LogP contribution in [0.4, 0.5) is 4.39 Å². The highest BCUT2D eigenvalue weighted by Crippen LogP contribution is 2.48. The zero-order valence-electron chi connectivity index (χ0n) is 11.1. The van der Waals surface area contributed by atoms with Gasteiger partial charge in [-0.15, -0.1) is 0 Å². The molecule has 0 saturated heterocycles. The van der Waals surface area contributed by atoms with Gasteiger partial charge in [-0.05, 0) is 37.5 Å². The molecule has 104 valence electrons. The van der Waals surface area contributed by atoms with Crippen molar-refractivity contribution in [3.8, 4) is 0 Å². The van der Waals surface area contributed by atoms with E-state index in [0.717, 1.165) is 18.4 Å². The van der Waals surface area contributed by atoms with Gasteiger partial charge < -0.3 is 5.32 Å². The van der Waals surface area contributed by atoms with Crippen molar-refractivity contribution < 1.29 is 9.18 Å². The fourth-order valence-corrected chi connectivity index (χ4v) is 2.38. The minimum absolute atomic E-state index is 0.0907. The Bertz CT molecular complexity index is 622. The van der Waals surface area contributed by atoms with Crippen molar-refractivity contribution in [1.82, 2.24) is 20.5 Å². The van der Waals surface area contributed by atoms with E-state index in [9.17, 15) is 9.18 Å². The largest absolute Gasteiger partial charge is 0.346 e. The van der Waals surface area contributed by atoms with Gasteiger partial charge in [-0.3, -0.25) is 9.89 Å². The van der Waals surface area contributed by atoms with Crippen LogP contribution in [-0.2, 0) is 10.2 Å². The molecule has 6 heteroatoms. The predicted molar refractivity (Wildman–Crippen MR) is 70.3 cm³/mol. The number of halogens is 1. The molecule has 3 rings (SSSR count). The van der Waals surface area contributed by atoms with E-state index in [4.69, 9.17) is 0 Å². The van der Waals surface area contributed by atoms with Gasteiger partial charge in [-0.1, -0.05) is 12.1 Å². The second-order valence-corrected chi connectivity index (χ2v) is 5.16. The Morgan fingerprint density at radius 1 is 1.50 bits per heavy atom. The molecule has 5 nitrogen and oxygen atoms in total. The van der Waals surface area contributed by atoms with Crippen LogP contribution in [0, 0.1) is 5.82 Å². The van der Waals surface area contributed by atoms with E-state index in [1.807, 2.05) is 6.92 Å². The average molecular weight is 274 g/mol. The summed E-state index contributed by atoms with van der Waals surface area (Å²) in [5.41, 5.74) is 0.149. The van der Waals surface area contributed by atoms with Crippen LogP contribution in [0.15, 0.2) is 30.6 Å². The molecule has 1 heterocycles. The molecule has 1 aromatic carbocycles. The number of hydrogen-bond donors (Lipinski definition) is 2. The first-order chi connectivity index (χ1) is 9.62. The maximum atomic E-state index is 13.3. The van der Waals surface area contributed by atoms with Crippen LogP contribution < -0.4 is 5.32 Å². The van der Waals surface area contributed by atoms with Crippen LogP contribution in [-0.4, -0.2) is 21.1 Å². The molecule has 1 amide bonds. The van der Waals surface area contributed by atoms with Gasteiger partial charge in [0, 0.05) is 0 Å². The van der Waals surface area contributed by atoms with Crippen LogP contribution >= 0.6 is 0 Å². The first-order valence-corrected chi connectivity index (χ1v) is 6.54. The molecule has 2 aromatic rings. The Balaban J connectivity index is 1.77. The Hall–Kier alpha value is -2.24. The second kappa shape index (κ2) is 4.70. The maximum absolute atomic E-state index is 13.3. The lowest BCUT2D eigenvalue weighted by Crippen LogP contribution is -2.36. The standard InChI is InChI=1S/C14H15FN4O/c1-9(12-16-8-17-19-12)18-13(20)14(5-6-14)10-3-2-4-11(15)7-10/h2-4,7-9H,5-6H2,1H3,(H,18,20)(H,16,17,19). The van der Waals surface area contributed by atoms with Crippen LogP contribution in [0.1, 0.15) is 37.2 Å². The third-order valence-electron chi connectivity index (χ3n) is 3.75. The summed E-state index contributed by atoms with van der Waals surface area (Å²) in [6, 6.07) is 6.00. The van der Waals surface area contributed by atoms with Crippen LogP contribution in [0.5, 0.6) is 0 Å². The fraction of sp³-hybridized carbons (Fsp3) is 0.357. The number of nitrogens with zero attached hydrogens (tertiary/aromatic N) is 2. The molecule has 0 spiro atoms. The van der Waals surface area contributed by atoms with E-state index in [-0.39, 0.29) is 17.8 Å². The van der Waals surface area contributed by atoms with Crippen LogP contribution in [0.2, 0.25) is 0 Å². The van der Waals surface area contributed by atoms with Crippen LogP contribution in [0.3, 0.4) is 0 Å². The molecular weight excluding hydrogens is 259 g/mol. The van der Waals surface area contributed by atoms with E-state index < -0.39 is 5.41 Å². The number of carbonyl (C=O) groups excluding carboxylic acids is 1. The maximum Gasteiger partial charge on any atom is 0.231 e. The number of hydrogen-bond acceptors (Lipinski definition) is 3. The van der Waals surface area contributed by atoms with Crippen molar-refractivity contribution in [2.45, 2.75) is 31.2 Å². The van der Waals surface area contributed by atoms with Crippen molar-refractivity contribution >= 4 is 5.91 Å². The second-order valence-electron chi connectivity index (χ2n) is 5.16. The third-order valence-corrected chi connectivity index (χ3v) is 3.75. The molecule has 2 N–H and O–H groups in total. The van der Waals surface area contributed by atoms with E-state index in [1.54, 1.807) is 12.1 Å². The van der Waals surface area contributed by atoms with E-state index in [1.165, 1.54) is 18.5 Å². The Labute approximate surface area is 115 Å². The molecule has 1 atom stereocenters. The molecule has 1 aliphatic rings. The van der Waals surface area contributed by atoms with Crippen molar-refractivity contribution in [2.24, 2.45) is 0 Å². The molecule has 0 radical (unpaired) electrons. The number of nitrogens with one attached hydrogen (secondary N) is 2. The monoisotopic (exact) mass is 274 g/mol. The number of aromatic amines is 1. The van der Waals surface area contributed by atoms with Gasteiger partial charge in [0.25, 0.3) is 0 Å². The number of aromatic nitrogens is 3. The number of rotatable bonds is 4. The molecule has 1 saturated carbocycles. The zero-order valence-corrected chi connectivity index (χ0v) is 11.1. The highest BCUT2D eigenvalue weighted by Gasteiger charge is 2.51. The number of H-pyrrole nitrogens is 1. The van der Waals surface area contributed by atoms with E-state index in [0.29, 0.717) is 5.82 Å². The highest BCUT2D eigenvalue weighted by atomic mass is 19.1. The minimum Gasteiger partial charge on any atom is -0.346 e. The van der Waals surface area contributed by atoms with E-state index in [2.05, 4.69) is 20.5 Å². The molecular formula is C14H15FN4O. The van der Waals surface area contributed by atoms with Gasteiger partial charge >= 0.3 is 0 Å². The van der Waals surface area contributed by atoms with Gasteiger partial charge in [0.2, 0.25) is 5.91 Å². The summed E-state index contributed by atoms with van der Waals surface area (Å²) < 4.78 is 13.3. The quantitative estimate of drug-likeness (QED) is 0.894. The molecule has 1 aromatic heterocycles. The van der Waals surface area contributed by atoms with Crippen molar-refractivity contribution in [1.29, 1.82) is 0 Å². The van der Waals surface area contributed by atoms with Crippen molar-refractivity contribution in [2.75, 3.05) is 0 Å². The number of amides is 1. The summed E-state index contributed by atoms with van der Waals surface area (Å²) >= 11 is 0. The Morgan fingerprint density at radius 2 is 2.30 bits per heavy atom. The lowest BCUT2D eigenvalue weighted by molar-refractivity contribution is -0.124. The third kappa shape index (κ3) is 2.17. The average Bonchev–Trinajstić information content (AvgIpc) is 3.06.